The highest BCUT2D eigenvalue weighted by atomic mass is 16.5. The molecule has 1 atom stereocenters. The van der Waals surface area contributed by atoms with Gasteiger partial charge in [0.05, 0.1) is 24.3 Å². The first-order valence-electron chi connectivity index (χ1n) is 9.94. The molecule has 0 radical (unpaired) electrons. The van der Waals surface area contributed by atoms with E-state index in [1.807, 2.05) is 0 Å². The van der Waals surface area contributed by atoms with Crippen LogP contribution in [0.3, 0.4) is 0 Å². The monoisotopic (exact) mass is 407 g/mol. The molecular weight excluding hydrogens is 386 g/mol. The summed E-state index contributed by atoms with van der Waals surface area (Å²) in [7, 11) is 0. The van der Waals surface area contributed by atoms with Gasteiger partial charge in [0.25, 0.3) is 11.8 Å². The zero-order valence-electron chi connectivity index (χ0n) is 16.6. The van der Waals surface area contributed by atoms with Gasteiger partial charge in [0, 0.05) is 6.42 Å². The summed E-state index contributed by atoms with van der Waals surface area (Å²) < 4.78 is 10.9. The predicted octanol–water partition coefficient (Wildman–Crippen LogP) is 3.16. The molecule has 2 aromatic rings. The molecule has 0 unspecified atom stereocenters. The van der Waals surface area contributed by atoms with Crippen molar-refractivity contribution in [2.24, 2.45) is 0 Å². The molecule has 1 saturated carbocycles. The van der Waals surface area contributed by atoms with Crippen LogP contribution in [-0.2, 0) is 16.1 Å². The summed E-state index contributed by atoms with van der Waals surface area (Å²) in [5.74, 6) is -1.14. The Morgan fingerprint density at radius 1 is 1.07 bits per heavy atom. The number of rotatable bonds is 6. The van der Waals surface area contributed by atoms with Gasteiger partial charge >= 0.3 is 5.97 Å². The minimum Gasteiger partial charge on any atom is -0.493 e. The Bertz CT molecular complexity index is 1010. The van der Waals surface area contributed by atoms with Gasteiger partial charge in [0.1, 0.15) is 11.3 Å². The molecule has 1 heterocycles. The number of hydrogen-bond donors (Lipinski definition) is 0. The molecule has 0 aromatic heterocycles. The van der Waals surface area contributed by atoms with Gasteiger partial charge in [-0.2, -0.15) is 0 Å². The van der Waals surface area contributed by atoms with E-state index >= 15 is 0 Å². The largest absolute Gasteiger partial charge is 0.493 e. The molecule has 0 bridgehead atoms. The lowest BCUT2D eigenvalue weighted by molar-refractivity contribution is -0.124. The minimum absolute atomic E-state index is 0.0153. The van der Waals surface area contributed by atoms with Crippen LogP contribution in [0, 0.1) is 0 Å². The Morgan fingerprint density at radius 3 is 2.37 bits per heavy atom. The molecule has 2 aromatic carbocycles. The van der Waals surface area contributed by atoms with E-state index in [0.717, 1.165) is 4.90 Å². The molecule has 1 aliphatic heterocycles. The van der Waals surface area contributed by atoms with Crippen molar-refractivity contribution in [1.82, 2.24) is 4.90 Å². The second kappa shape index (κ2) is 8.10. The van der Waals surface area contributed by atoms with E-state index in [4.69, 9.17) is 9.47 Å². The normalized spacial score (nSPS) is 18.0. The van der Waals surface area contributed by atoms with E-state index in [-0.39, 0.29) is 29.7 Å². The van der Waals surface area contributed by atoms with Crippen molar-refractivity contribution in [3.05, 3.63) is 64.7 Å². The Kier molecular flexibility index (Phi) is 5.35. The molecule has 2 aliphatic rings. The zero-order valence-corrected chi connectivity index (χ0v) is 16.6. The Labute approximate surface area is 173 Å². The molecule has 0 N–H and O–H groups in total. The number of Topliss-reactive ketones (excluding diaryl/α,β-unsaturated/α-hetero) is 1. The zero-order chi connectivity index (χ0) is 21.3. The van der Waals surface area contributed by atoms with Crippen LogP contribution >= 0.6 is 0 Å². The van der Waals surface area contributed by atoms with Gasteiger partial charge in [-0.25, -0.2) is 4.79 Å². The fourth-order valence-electron chi connectivity index (χ4n) is 3.78. The molecule has 7 heteroatoms. The number of hydrogen-bond acceptors (Lipinski definition) is 6. The molecule has 0 saturated heterocycles. The maximum atomic E-state index is 12.7. The van der Waals surface area contributed by atoms with Crippen molar-refractivity contribution in [2.75, 3.05) is 6.61 Å². The number of ether oxygens (including phenoxy) is 2. The topological polar surface area (TPSA) is 90.0 Å². The summed E-state index contributed by atoms with van der Waals surface area (Å²) in [5.41, 5.74) is 1.49. The smallest absolute Gasteiger partial charge is 0.342 e. The summed E-state index contributed by atoms with van der Waals surface area (Å²) in [6.07, 6.45) is 0.903. The third-order valence-electron chi connectivity index (χ3n) is 5.28. The molecule has 7 nitrogen and oxygen atoms in total. The van der Waals surface area contributed by atoms with Gasteiger partial charge in [-0.3, -0.25) is 19.3 Å². The first kappa shape index (κ1) is 19.8. The highest BCUT2D eigenvalue weighted by Crippen LogP contribution is 2.28. The van der Waals surface area contributed by atoms with Crippen LogP contribution in [0.15, 0.2) is 42.5 Å². The van der Waals surface area contributed by atoms with Gasteiger partial charge in [0.2, 0.25) is 0 Å². The second-order valence-electron chi connectivity index (χ2n) is 7.26. The van der Waals surface area contributed by atoms with Gasteiger partial charge < -0.3 is 9.47 Å². The highest BCUT2D eigenvalue weighted by molar-refractivity contribution is 6.21. The predicted molar refractivity (Wildman–Crippen MR) is 106 cm³/mol. The summed E-state index contributed by atoms with van der Waals surface area (Å²) in [6, 6.07) is 11.5. The lowest BCUT2D eigenvalue weighted by Gasteiger charge is -2.17. The summed E-state index contributed by atoms with van der Waals surface area (Å²) in [5, 5.41) is 0. The second-order valence-corrected chi connectivity index (χ2v) is 7.26. The van der Waals surface area contributed by atoms with E-state index in [1.54, 1.807) is 49.4 Å². The van der Waals surface area contributed by atoms with E-state index in [1.165, 1.54) is 0 Å². The number of nitrogens with zero attached hydrogens (tertiary/aromatic N) is 1. The highest BCUT2D eigenvalue weighted by Gasteiger charge is 2.35. The number of benzene rings is 2. The van der Waals surface area contributed by atoms with Crippen LogP contribution in [0.2, 0.25) is 0 Å². The van der Waals surface area contributed by atoms with Crippen molar-refractivity contribution in [3.63, 3.8) is 0 Å². The number of ketones is 1. The minimum atomic E-state index is -0.730. The van der Waals surface area contributed by atoms with Crippen LogP contribution in [0.25, 0.3) is 0 Å². The van der Waals surface area contributed by atoms with Crippen LogP contribution < -0.4 is 4.74 Å². The fourth-order valence-corrected chi connectivity index (χ4v) is 3.78. The Hall–Kier alpha value is -3.48. The molecule has 1 fully saturated rings. The number of carbonyl (C=O) groups excluding carboxylic acids is 4. The number of esters is 1. The third kappa shape index (κ3) is 3.58. The van der Waals surface area contributed by atoms with Crippen molar-refractivity contribution < 1.29 is 28.7 Å². The summed E-state index contributed by atoms with van der Waals surface area (Å²) in [6.45, 7) is 2.16. The lowest BCUT2D eigenvalue weighted by atomic mass is 10.1. The lowest BCUT2D eigenvalue weighted by Crippen LogP contribution is -2.29. The standard InChI is InChI=1S/C23H21NO6/c1-2-29-19-11-10-14(12-17(19)23(28)30-20-9-5-8-18(20)25)13-24-21(26)15-6-3-4-7-16(15)22(24)27/h3-4,6-7,10-12,20H,2,5,8-9,13H2,1H3/t20-/m1/s1. The van der Waals surface area contributed by atoms with Gasteiger partial charge in [-0.05, 0) is 49.6 Å². The van der Waals surface area contributed by atoms with Crippen molar-refractivity contribution in [1.29, 1.82) is 0 Å². The SMILES string of the molecule is CCOc1ccc(CN2C(=O)c3ccccc3C2=O)cc1C(=O)O[C@@H]1CCCC1=O. The first-order chi connectivity index (χ1) is 14.5. The van der Waals surface area contributed by atoms with Crippen molar-refractivity contribution in [2.45, 2.75) is 38.8 Å². The Balaban J connectivity index is 1.58. The molecule has 30 heavy (non-hydrogen) atoms. The summed E-state index contributed by atoms with van der Waals surface area (Å²) in [4.78, 5) is 51.0. The van der Waals surface area contributed by atoms with Crippen LogP contribution in [-0.4, -0.2) is 41.2 Å². The molecule has 2 amide bonds. The quantitative estimate of drug-likeness (QED) is 0.540. The van der Waals surface area contributed by atoms with Gasteiger partial charge in [-0.15, -0.1) is 0 Å². The van der Waals surface area contributed by atoms with Crippen molar-refractivity contribution >= 4 is 23.6 Å². The molecule has 154 valence electrons. The first-order valence-corrected chi connectivity index (χ1v) is 9.94. The van der Waals surface area contributed by atoms with E-state index in [9.17, 15) is 19.2 Å². The van der Waals surface area contributed by atoms with Crippen LogP contribution in [0.5, 0.6) is 5.75 Å². The number of fused-ring (bicyclic) bond motifs is 1. The summed E-state index contributed by atoms with van der Waals surface area (Å²) >= 11 is 0. The van der Waals surface area contributed by atoms with E-state index < -0.39 is 12.1 Å². The molecule has 1 aliphatic carbocycles. The average molecular weight is 407 g/mol. The van der Waals surface area contributed by atoms with Gasteiger partial charge in [0.15, 0.2) is 11.9 Å². The Morgan fingerprint density at radius 2 is 1.77 bits per heavy atom. The van der Waals surface area contributed by atoms with E-state index in [2.05, 4.69) is 0 Å². The maximum Gasteiger partial charge on any atom is 0.342 e. The average Bonchev–Trinajstić information content (AvgIpc) is 3.25. The molecule has 0 spiro atoms. The fraction of sp³-hybridized carbons (Fsp3) is 0.304. The van der Waals surface area contributed by atoms with Gasteiger partial charge in [-0.1, -0.05) is 18.2 Å². The number of imide groups is 1. The number of amides is 2. The third-order valence-corrected chi connectivity index (χ3v) is 5.28. The number of carbonyl (C=O) groups is 4. The van der Waals surface area contributed by atoms with Crippen molar-refractivity contribution in [3.8, 4) is 5.75 Å². The van der Waals surface area contributed by atoms with Crippen LogP contribution in [0.1, 0.15) is 62.8 Å². The molecular formula is C23H21NO6. The van der Waals surface area contributed by atoms with E-state index in [0.29, 0.717) is 48.3 Å². The maximum absolute atomic E-state index is 12.7. The molecule has 4 rings (SSSR count). The van der Waals surface area contributed by atoms with Crippen LogP contribution in [0.4, 0.5) is 0 Å².